The van der Waals surface area contributed by atoms with Crippen LogP contribution < -0.4 is 0 Å². The fraction of sp³-hybridized carbons (Fsp3) is 0.632. The lowest BCUT2D eigenvalue weighted by Crippen LogP contribution is -2.61. The predicted octanol–water partition coefficient (Wildman–Crippen LogP) is 2.98. The maximum atomic E-state index is 13.1. The molecule has 2 fully saturated rings. The molecule has 2 saturated heterocycles. The number of carbonyl (C=O) groups is 1. The van der Waals surface area contributed by atoms with Gasteiger partial charge in [-0.05, 0) is 49.3 Å². The monoisotopic (exact) mass is 364 g/mol. The largest absolute Gasteiger partial charge is 0.339 e. The van der Waals surface area contributed by atoms with Crippen LogP contribution in [0.4, 0.5) is 0 Å². The van der Waals surface area contributed by atoms with Crippen LogP contribution in [0.5, 0.6) is 0 Å². The summed E-state index contributed by atoms with van der Waals surface area (Å²) in [6.45, 7) is 5.11. The van der Waals surface area contributed by atoms with Crippen LogP contribution in [0.3, 0.4) is 0 Å². The van der Waals surface area contributed by atoms with Crippen LogP contribution in [0.1, 0.15) is 57.4 Å². The molecule has 1 amide bonds. The molecule has 25 heavy (non-hydrogen) atoms. The lowest BCUT2D eigenvalue weighted by molar-refractivity contribution is -0.141. The SMILES string of the molecule is CC(C)c1ccc(S(=O)(=O)N2CCC[C@]3(CCCC(=O)N3C)C2)cc1. The Kier molecular flexibility index (Phi) is 4.95. The molecule has 0 bridgehead atoms. The summed E-state index contributed by atoms with van der Waals surface area (Å²) in [5, 5.41) is 0. The van der Waals surface area contributed by atoms with Gasteiger partial charge in [0.05, 0.1) is 10.4 Å². The summed E-state index contributed by atoms with van der Waals surface area (Å²) in [4.78, 5) is 14.3. The first-order valence-electron chi connectivity index (χ1n) is 9.13. The molecule has 0 radical (unpaired) electrons. The van der Waals surface area contributed by atoms with Crippen molar-refractivity contribution in [1.29, 1.82) is 0 Å². The van der Waals surface area contributed by atoms with E-state index in [1.165, 1.54) is 0 Å². The molecule has 2 heterocycles. The fourth-order valence-corrected chi connectivity index (χ4v) is 5.65. The van der Waals surface area contributed by atoms with E-state index in [4.69, 9.17) is 0 Å². The molecule has 2 aliphatic rings. The van der Waals surface area contributed by atoms with E-state index in [0.29, 0.717) is 30.3 Å². The minimum absolute atomic E-state index is 0.131. The zero-order valence-corrected chi connectivity index (χ0v) is 16.2. The second-order valence-corrected chi connectivity index (χ2v) is 9.63. The normalized spacial score (nSPS) is 25.8. The lowest BCUT2D eigenvalue weighted by atomic mass is 9.81. The number of hydrogen-bond donors (Lipinski definition) is 0. The summed E-state index contributed by atoms with van der Waals surface area (Å²) >= 11 is 0. The van der Waals surface area contributed by atoms with E-state index in [-0.39, 0.29) is 11.4 Å². The molecule has 0 aromatic heterocycles. The van der Waals surface area contributed by atoms with Crippen molar-refractivity contribution in [3.63, 3.8) is 0 Å². The van der Waals surface area contributed by atoms with Gasteiger partial charge in [0.15, 0.2) is 0 Å². The standard InChI is InChI=1S/C19H28N2O3S/c1-15(2)16-7-9-17(10-8-16)25(23,24)21-13-5-12-19(14-21)11-4-6-18(22)20(19)3/h7-10,15H,4-6,11-14H2,1-3H3/t19-/m1/s1. The summed E-state index contributed by atoms with van der Waals surface area (Å²) in [6.07, 6.45) is 3.98. The third-order valence-corrected chi connectivity index (χ3v) is 7.68. The Bertz CT molecular complexity index is 738. The van der Waals surface area contributed by atoms with Crippen molar-refractivity contribution >= 4 is 15.9 Å². The first kappa shape index (κ1) is 18.4. The van der Waals surface area contributed by atoms with Gasteiger partial charge in [-0.1, -0.05) is 26.0 Å². The Balaban J connectivity index is 1.86. The summed E-state index contributed by atoms with van der Waals surface area (Å²) in [5.41, 5.74) is 0.796. The number of nitrogens with zero attached hydrogens (tertiary/aromatic N) is 2. The number of likely N-dealkylation sites (tertiary alicyclic amines) is 1. The van der Waals surface area contributed by atoms with E-state index in [0.717, 1.165) is 31.2 Å². The maximum Gasteiger partial charge on any atom is 0.243 e. The quantitative estimate of drug-likeness (QED) is 0.828. The molecule has 0 saturated carbocycles. The number of hydrogen-bond acceptors (Lipinski definition) is 3. The Morgan fingerprint density at radius 3 is 2.36 bits per heavy atom. The Hall–Kier alpha value is -1.40. The minimum Gasteiger partial charge on any atom is -0.339 e. The van der Waals surface area contributed by atoms with Crippen molar-refractivity contribution < 1.29 is 13.2 Å². The highest BCUT2D eigenvalue weighted by Gasteiger charge is 2.45. The van der Waals surface area contributed by atoms with Crippen LogP contribution >= 0.6 is 0 Å². The Morgan fingerprint density at radius 1 is 1.08 bits per heavy atom. The Labute approximate surface area is 151 Å². The van der Waals surface area contributed by atoms with Gasteiger partial charge in [-0.15, -0.1) is 0 Å². The van der Waals surface area contributed by atoms with Gasteiger partial charge >= 0.3 is 0 Å². The summed E-state index contributed by atoms with van der Waals surface area (Å²) in [6, 6.07) is 7.21. The van der Waals surface area contributed by atoms with Gasteiger partial charge in [0.1, 0.15) is 0 Å². The molecule has 0 unspecified atom stereocenters. The van der Waals surface area contributed by atoms with Crippen LogP contribution in [0.15, 0.2) is 29.2 Å². The highest BCUT2D eigenvalue weighted by Crippen LogP contribution is 2.37. The molecular formula is C19H28N2O3S. The van der Waals surface area contributed by atoms with Crippen LogP contribution in [0.2, 0.25) is 0 Å². The van der Waals surface area contributed by atoms with E-state index < -0.39 is 10.0 Å². The third kappa shape index (κ3) is 3.34. The highest BCUT2D eigenvalue weighted by molar-refractivity contribution is 7.89. The molecule has 1 spiro atoms. The van der Waals surface area contributed by atoms with Crippen LogP contribution in [0, 0.1) is 0 Å². The zero-order chi connectivity index (χ0) is 18.2. The van der Waals surface area contributed by atoms with Crippen LogP contribution in [-0.2, 0) is 14.8 Å². The average Bonchev–Trinajstić information content (AvgIpc) is 2.60. The molecule has 0 N–H and O–H groups in total. The third-order valence-electron chi connectivity index (χ3n) is 5.82. The molecular weight excluding hydrogens is 336 g/mol. The van der Waals surface area contributed by atoms with Gasteiger partial charge in [0.2, 0.25) is 15.9 Å². The Morgan fingerprint density at radius 2 is 1.72 bits per heavy atom. The first-order chi connectivity index (χ1) is 11.8. The van der Waals surface area contributed by atoms with Gasteiger partial charge in [0.25, 0.3) is 0 Å². The summed E-state index contributed by atoms with van der Waals surface area (Å²) in [5.74, 6) is 0.503. The highest BCUT2D eigenvalue weighted by atomic mass is 32.2. The van der Waals surface area contributed by atoms with Crippen molar-refractivity contribution in [2.75, 3.05) is 20.1 Å². The second kappa shape index (κ2) is 6.72. The van der Waals surface area contributed by atoms with E-state index in [1.54, 1.807) is 21.3 Å². The van der Waals surface area contributed by atoms with E-state index in [9.17, 15) is 13.2 Å². The van der Waals surface area contributed by atoms with E-state index in [1.807, 2.05) is 19.2 Å². The van der Waals surface area contributed by atoms with Crippen molar-refractivity contribution in [3.05, 3.63) is 29.8 Å². The average molecular weight is 365 g/mol. The fourth-order valence-electron chi connectivity index (χ4n) is 4.10. The zero-order valence-electron chi connectivity index (χ0n) is 15.4. The molecule has 5 nitrogen and oxygen atoms in total. The maximum absolute atomic E-state index is 13.1. The molecule has 1 aromatic carbocycles. The lowest BCUT2D eigenvalue weighted by Gasteiger charge is -2.50. The molecule has 1 atom stereocenters. The number of benzene rings is 1. The van der Waals surface area contributed by atoms with E-state index >= 15 is 0 Å². The van der Waals surface area contributed by atoms with Gasteiger partial charge < -0.3 is 4.90 Å². The molecule has 6 heteroatoms. The van der Waals surface area contributed by atoms with Crippen molar-refractivity contribution in [2.24, 2.45) is 0 Å². The summed E-state index contributed by atoms with van der Waals surface area (Å²) < 4.78 is 27.8. The number of likely N-dealkylation sites (N-methyl/N-ethyl adjacent to an activating group) is 1. The molecule has 1 aromatic rings. The smallest absolute Gasteiger partial charge is 0.243 e. The molecule has 138 valence electrons. The number of carbonyl (C=O) groups excluding carboxylic acids is 1. The van der Waals surface area contributed by atoms with Crippen molar-refractivity contribution in [3.8, 4) is 0 Å². The molecule has 3 rings (SSSR count). The predicted molar refractivity (Wildman–Crippen MR) is 97.9 cm³/mol. The second-order valence-electron chi connectivity index (χ2n) is 7.70. The number of rotatable bonds is 3. The van der Waals surface area contributed by atoms with E-state index in [2.05, 4.69) is 13.8 Å². The van der Waals surface area contributed by atoms with Crippen molar-refractivity contribution in [2.45, 2.75) is 62.3 Å². The van der Waals surface area contributed by atoms with Gasteiger partial charge in [-0.25, -0.2) is 8.42 Å². The topological polar surface area (TPSA) is 57.7 Å². The van der Waals surface area contributed by atoms with Gasteiger partial charge in [0, 0.05) is 26.6 Å². The van der Waals surface area contributed by atoms with Crippen LogP contribution in [-0.4, -0.2) is 49.2 Å². The number of sulfonamides is 1. The molecule has 2 aliphatic heterocycles. The minimum atomic E-state index is -3.53. The number of amides is 1. The molecule has 0 aliphatic carbocycles. The van der Waals surface area contributed by atoms with Gasteiger partial charge in [-0.3, -0.25) is 4.79 Å². The van der Waals surface area contributed by atoms with Crippen LogP contribution in [0.25, 0.3) is 0 Å². The van der Waals surface area contributed by atoms with Gasteiger partial charge in [-0.2, -0.15) is 4.31 Å². The number of piperidine rings is 2. The first-order valence-corrected chi connectivity index (χ1v) is 10.6. The summed E-state index contributed by atoms with van der Waals surface area (Å²) in [7, 11) is -1.70. The van der Waals surface area contributed by atoms with Crippen molar-refractivity contribution in [1.82, 2.24) is 9.21 Å².